The Balaban J connectivity index is 1.67. The van der Waals surface area contributed by atoms with Gasteiger partial charge in [-0.1, -0.05) is 87.9 Å². The fourth-order valence-corrected chi connectivity index (χ4v) is 3.73. The Bertz CT molecular complexity index is 690. The van der Waals surface area contributed by atoms with Gasteiger partial charge in [0.1, 0.15) is 11.7 Å². The molecule has 1 aliphatic rings. The van der Waals surface area contributed by atoms with Crippen LogP contribution in [0.2, 0.25) is 0 Å². The van der Waals surface area contributed by atoms with Gasteiger partial charge in [-0.25, -0.2) is 0 Å². The zero-order valence-corrected chi connectivity index (χ0v) is 15.2. The van der Waals surface area contributed by atoms with E-state index in [1.54, 1.807) is 0 Å². The summed E-state index contributed by atoms with van der Waals surface area (Å²) in [4.78, 5) is 12.4. The third-order valence-electron chi connectivity index (χ3n) is 5.07. The van der Waals surface area contributed by atoms with Crippen molar-refractivity contribution in [2.75, 3.05) is 0 Å². The predicted octanol–water partition coefficient (Wildman–Crippen LogP) is 6.03. The minimum Gasteiger partial charge on any atom is -0.425 e. The van der Waals surface area contributed by atoms with Crippen molar-refractivity contribution < 1.29 is 9.53 Å². The number of unbranched alkanes of at least 4 members (excludes halogenated alkanes) is 6. The lowest BCUT2D eigenvalue weighted by Gasteiger charge is -2.12. The summed E-state index contributed by atoms with van der Waals surface area (Å²) in [5, 5.41) is 0. The van der Waals surface area contributed by atoms with Gasteiger partial charge in [0.25, 0.3) is 0 Å². The van der Waals surface area contributed by atoms with E-state index in [4.69, 9.17) is 4.74 Å². The molecule has 1 heterocycles. The molecular formula is C23H28O2. The summed E-state index contributed by atoms with van der Waals surface area (Å²) in [6.07, 6.45) is 10.1. The van der Waals surface area contributed by atoms with Gasteiger partial charge < -0.3 is 4.74 Å². The minimum absolute atomic E-state index is 0.145. The predicted molar refractivity (Wildman–Crippen MR) is 102 cm³/mol. The van der Waals surface area contributed by atoms with E-state index in [1.165, 1.54) is 50.5 Å². The molecule has 2 aromatic rings. The maximum absolute atomic E-state index is 12.4. The molecule has 0 aliphatic carbocycles. The topological polar surface area (TPSA) is 26.3 Å². The SMILES string of the molecule is CCCCCCCCCc1cccc2c1C(c1ccccc1)C(=O)O2. The number of benzene rings is 2. The highest BCUT2D eigenvalue weighted by Gasteiger charge is 2.36. The highest BCUT2D eigenvalue weighted by molar-refractivity contribution is 5.90. The molecule has 0 amide bonds. The molecule has 3 rings (SSSR count). The maximum Gasteiger partial charge on any atom is 0.323 e. The summed E-state index contributed by atoms with van der Waals surface area (Å²) in [7, 11) is 0. The molecule has 0 bridgehead atoms. The van der Waals surface area contributed by atoms with Crippen molar-refractivity contribution in [1.29, 1.82) is 0 Å². The molecule has 2 nitrogen and oxygen atoms in total. The van der Waals surface area contributed by atoms with Crippen LogP contribution in [0.3, 0.4) is 0 Å². The molecule has 1 aliphatic heterocycles. The van der Waals surface area contributed by atoms with Crippen LogP contribution in [0.25, 0.3) is 0 Å². The van der Waals surface area contributed by atoms with Crippen LogP contribution < -0.4 is 4.74 Å². The van der Waals surface area contributed by atoms with Gasteiger partial charge in [-0.15, -0.1) is 0 Å². The van der Waals surface area contributed by atoms with Crippen molar-refractivity contribution in [2.45, 2.75) is 64.2 Å². The third-order valence-corrected chi connectivity index (χ3v) is 5.07. The Kier molecular flexibility index (Phi) is 6.27. The first-order valence-electron chi connectivity index (χ1n) is 9.69. The second-order valence-electron chi connectivity index (χ2n) is 6.97. The van der Waals surface area contributed by atoms with Crippen LogP contribution in [0, 0.1) is 0 Å². The molecule has 2 aromatic carbocycles. The summed E-state index contributed by atoms with van der Waals surface area (Å²) < 4.78 is 5.55. The molecule has 132 valence electrons. The molecule has 0 spiro atoms. The van der Waals surface area contributed by atoms with E-state index in [0.29, 0.717) is 0 Å². The van der Waals surface area contributed by atoms with Crippen LogP contribution in [0.15, 0.2) is 48.5 Å². The van der Waals surface area contributed by atoms with Gasteiger partial charge in [-0.05, 0) is 30.0 Å². The van der Waals surface area contributed by atoms with Crippen molar-refractivity contribution >= 4 is 5.97 Å². The van der Waals surface area contributed by atoms with Crippen molar-refractivity contribution in [2.24, 2.45) is 0 Å². The summed E-state index contributed by atoms with van der Waals surface area (Å²) in [6, 6.07) is 16.1. The number of aryl methyl sites for hydroxylation is 1. The Hall–Kier alpha value is -2.09. The van der Waals surface area contributed by atoms with E-state index in [1.807, 2.05) is 42.5 Å². The number of esters is 1. The van der Waals surface area contributed by atoms with Gasteiger partial charge in [-0.3, -0.25) is 4.79 Å². The van der Waals surface area contributed by atoms with Gasteiger partial charge in [0.05, 0.1) is 0 Å². The zero-order valence-electron chi connectivity index (χ0n) is 15.2. The number of hydrogen-bond donors (Lipinski definition) is 0. The van der Waals surface area contributed by atoms with Crippen LogP contribution in [0.5, 0.6) is 5.75 Å². The second kappa shape index (κ2) is 8.84. The molecule has 0 radical (unpaired) electrons. The number of carbonyl (C=O) groups excluding carboxylic acids is 1. The van der Waals surface area contributed by atoms with Gasteiger partial charge in [0.15, 0.2) is 0 Å². The average molecular weight is 336 g/mol. The Morgan fingerprint density at radius 3 is 2.32 bits per heavy atom. The third kappa shape index (κ3) is 4.31. The molecule has 0 aromatic heterocycles. The van der Waals surface area contributed by atoms with Crippen LogP contribution >= 0.6 is 0 Å². The molecule has 1 unspecified atom stereocenters. The lowest BCUT2D eigenvalue weighted by Crippen LogP contribution is -2.12. The first-order chi connectivity index (χ1) is 12.3. The fourth-order valence-electron chi connectivity index (χ4n) is 3.73. The Labute approximate surface area is 151 Å². The monoisotopic (exact) mass is 336 g/mol. The lowest BCUT2D eigenvalue weighted by molar-refractivity contribution is -0.133. The van der Waals surface area contributed by atoms with E-state index in [0.717, 1.165) is 23.3 Å². The van der Waals surface area contributed by atoms with Crippen LogP contribution in [-0.4, -0.2) is 5.97 Å². The summed E-state index contributed by atoms with van der Waals surface area (Å²) in [5.74, 6) is 0.337. The van der Waals surface area contributed by atoms with E-state index in [9.17, 15) is 4.79 Å². The smallest absolute Gasteiger partial charge is 0.323 e. The fraction of sp³-hybridized carbons (Fsp3) is 0.435. The molecule has 1 atom stereocenters. The number of carbonyl (C=O) groups is 1. The first kappa shape index (κ1) is 17.7. The van der Waals surface area contributed by atoms with Crippen LogP contribution in [0.1, 0.15) is 74.5 Å². The molecule has 25 heavy (non-hydrogen) atoms. The number of ether oxygens (including phenoxy) is 1. The van der Waals surface area contributed by atoms with Crippen molar-refractivity contribution in [1.82, 2.24) is 0 Å². The van der Waals surface area contributed by atoms with E-state index in [-0.39, 0.29) is 11.9 Å². The highest BCUT2D eigenvalue weighted by atomic mass is 16.5. The minimum atomic E-state index is -0.267. The van der Waals surface area contributed by atoms with Gasteiger partial charge in [0.2, 0.25) is 0 Å². The number of hydrogen-bond acceptors (Lipinski definition) is 2. The molecular weight excluding hydrogens is 308 g/mol. The Morgan fingerprint density at radius 2 is 1.56 bits per heavy atom. The second-order valence-corrected chi connectivity index (χ2v) is 6.97. The summed E-state index contributed by atoms with van der Waals surface area (Å²) in [5.41, 5.74) is 3.38. The molecule has 0 saturated heterocycles. The van der Waals surface area contributed by atoms with Crippen molar-refractivity contribution in [3.63, 3.8) is 0 Å². The summed E-state index contributed by atoms with van der Waals surface area (Å²) >= 11 is 0. The molecule has 0 N–H and O–H groups in total. The Morgan fingerprint density at radius 1 is 0.840 bits per heavy atom. The van der Waals surface area contributed by atoms with Gasteiger partial charge in [-0.2, -0.15) is 0 Å². The van der Waals surface area contributed by atoms with Gasteiger partial charge in [0, 0.05) is 5.56 Å². The normalized spacial score (nSPS) is 15.9. The number of fused-ring (bicyclic) bond motifs is 1. The van der Waals surface area contributed by atoms with Crippen molar-refractivity contribution in [3.05, 3.63) is 65.2 Å². The first-order valence-corrected chi connectivity index (χ1v) is 9.69. The molecule has 2 heteroatoms. The van der Waals surface area contributed by atoms with Crippen molar-refractivity contribution in [3.8, 4) is 5.75 Å². The lowest BCUT2D eigenvalue weighted by atomic mass is 9.87. The highest BCUT2D eigenvalue weighted by Crippen LogP contribution is 2.41. The maximum atomic E-state index is 12.4. The average Bonchev–Trinajstić information content (AvgIpc) is 2.98. The van der Waals surface area contributed by atoms with E-state index < -0.39 is 0 Å². The number of rotatable bonds is 9. The quantitative estimate of drug-likeness (QED) is 0.317. The van der Waals surface area contributed by atoms with Crippen LogP contribution in [-0.2, 0) is 11.2 Å². The molecule has 0 fully saturated rings. The summed E-state index contributed by atoms with van der Waals surface area (Å²) in [6.45, 7) is 2.25. The van der Waals surface area contributed by atoms with E-state index >= 15 is 0 Å². The largest absolute Gasteiger partial charge is 0.425 e. The standard InChI is InChI=1S/C23H28O2/c1-2-3-4-5-6-7-9-13-18-16-12-17-20-21(18)22(23(24)25-20)19-14-10-8-11-15-19/h8,10-12,14-17,22H,2-7,9,13H2,1H3. The molecule has 0 saturated carbocycles. The van der Waals surface area contributed by atoms with Crippen LogP contribution in [0.4, 0.5) is 0 Å². The zero-order chi connectivity index (χ0) is 17.5. The van der Waals surface area contributed by atoms with Gasteiger partial charge >= 0.3 is 5.97 Å². The van der Waals surface area contributed by atoms with E-state index in [2.05, 4.69) is 13.0 Å².